The van der Waals surface area contributed by atoms with Crippen molar-refractivity contribution in [3.05, 3.63) is 22.3 Å². The highest BCUT2D eigenvalue weighted by molar-refractivity contribution is 9.10. The van der Waals surface area contributed by atoms with E-state index in [9.17, 15) is 13.2 Å². The van der Waals surface area contributed by atoms with Crippen LogP contribution in [-0.4, -0.2) is 24.6 Å². The zero-order chi connectivity index (χ0) is 13.9. The highest BCUT2D eigenvalue weighted by Crippen LogP contribution is 2.37. The van der Waals surface area contributed by atoms with Gasteiger partial charge in [0.15, 0.2) is 0 Å². The molecule has 0 aliphatic heterocycles. The van der Waals surface area contributed by atoms with Gasteiger partial charge in [-0.1, -0.05) is 0 Å². The summed E-state index contributed by atoms with van der Waals surface area (Å²) in [5.74, 6) is -0.0772. The molecule has 1 aromatic rings. The molecule has 0 bridgehead atoms. The van der Waals surface area contributed by atoms with E-state index in [4.69, 9.17) is 5.73 Å². The van der Waals surface area contributed by atoms with Crippen molar-refractivity contribution in [1.82, 2.24) is 4.98 Å². The van der Waals surface area contributed by atoms with Crippen LogP contribution in [0, 0.1) is 0 Å². The van der Waals surface area contributed by atoms with E-state index < -0.39 is 11.7 Å². The summed E-state index contributed by atoms with van der Waals surface area (Å²) in [7, 11) is 1.59. The van der Waals surface area contributed by atoms with Crippen LogP contribution in [-0.2, 0) is 6.18 Å². The molecule has 1 rings (SSSR count). The monoisotopic (exact) mass is 325 g/mol. The van der Waals surface area contributed by atoms with Gasteiger partial charge in [0.2, 0.25) is 0 Å². The van der Waals surface area contributed by atoms with Crippen molar-refractivity contribution in [1.29, 1.82) is 0 Å². The Balaban J connectivity index is 3.15. The van der Waals surface area contributed by atoms with Crippen molar-refractivity contribution < 1.29 is 13.2 Å². The number of nitrogens with zero attached hydrogens (tertiary/aromatic N) is 2. The molecule has 7 heteroatoms. The molecule has 1 atom stereocenters. The summed E-state index contributed by atoms with van der Waals surface area (Å²) in [5.41, 5.74) is 4.67. The summed E-state index contributed by atoms with van der Waals surface area (Å²) >= 11 is 3.00. The Bertz CT molecular complexity index is 409. The first-order chi connectivity index (χ1) is 8.27. The van der Waals surface area contributed by atoms with Crippen molar-refractivity contribution in [2.24, 2.45) is 5.73 Å². The van der Waals surface area contributed by atoms with E-state index >= 15 is 0 Å². The Morgan fingerprint density at radius 2 is 2.11 bits per heavy atom. The SMILES string of the molecule is CC(CCN)N(C)c1ncc(Br)cc1C(F)(F)F. The van der Waals surface area contributed by atoms with Gasteiger partial charge in [-0.2, -0.15) is 13.2 Å². The normalized spacial score (nSPS) is 13.5. The molecule has 102 valence electrons. The molecule has 2 N–H and O–H groups in total. The molecule has 0 amide bonds. The summed E-state index contributed by atoms with van der Waals surface area (Å²) in [6.07, 6.45) is -2.47. The first-order valence-corrected chi connectivity index (χ1v) is 6.22. The summed E-state index contributed by atoms with van der Waals surface area (Å²) in [6, 6.07) is 0.929. The van der Waals surface area contributed by atoms with Crippen LogP contribution in [0.1, 0.15) is 18.9 Å². The number of anilines is 1. The fraction of sp³-hybridized carbons (Fsp3) is 0.545. The fourth-order valence-corrected chi connectivity index (χ4v) is 1.90. The molecular formula is C11H15BrF3N3. The second kappa shape index (κ2) is 5.88. The molecule has 0 saturated carbocycles. The van der Waals surface area contributed by atoms with Gasteiger partial charge in [-0.05, 0) is 41.9 Å². The third-order valence-electron chi connectivity index (χ3n) is 2.72. The first kappa shape index (κ1) is 15.2. The number of rotatable bonds is 4. The van der Waals surface area contributed by atoms with Gasteiger partial charge in [0.1, 0.15) is 5.82 Å². The molecule has 0 aromatic carbocycles. The number of hydrogen-bond acceptors (Lipinski definition) is 3. The van der Waals surface area contributed by atoms with E-state index in [2.05, 4.69) is 20.9 Å². The number of alkyl halides is 3. The standard InChI is InChI=1S/C11H15BrF3N3/c1-7(3-4-16)18(2)10-9(11(13,14)15)5-8(12)6-17-10/h5-7H,3-4,16H2,1-2H3. The van der Waals surface area contributed by atoms with E-state index in [0.29, 0.717) is 17.4 Å². The van der Waals surface area contributed by atoms with Crippen LogP contribution in [0.25, 0.3) is 0 Å². The lowest BCUT2D eigenvalue weighted by atomic mass is 10.1. The third-order valence-corrected chi connectivity index (χ3v) is 3.15. The highest BCUT2D eigenvalue weighted by Gasteiger charge is 2.36. The van der Waals surface area contributed by atoms with E-state index in [-0.39, 0.29) is 11.9 Å². The van der Waals surface area contributed by atoms with Crippen molar-refractivity contribution in [2.75, 3.05) is 18.5 Å². The van der Waals surface area contributed by atoms with Gasteiger partial charge in [-0.15, -0.1) is 0 Å². The molecule has 0 aliphatic carbocycles. The second-order valence-corrected chi connectivity index (χ2v) is 4.98. The number of nitrogens with two attached hydrogens (primary N) is 1. The Kier molecular flexibility index (Phi) is 4.98. The minimum absolute atomic E-state index is 0.0772. The maximum atomic E-state index is 12.9. The number of aromatic nitrogens is 1. The smallest absolute Gasteiger partial charge is 0.356 e. The van der Waals surface area contributed by atoms with Crippen molar-refractivity contribution in [3.8, 4) is 0 Å². The molecule has 1 unspecified atom stereocenters. The zero-order valence-corrected chi connectivity index (χ0v) is 11.7. The van der Waals surface area contributed by atoms with Crippen LogP contribution >= 0.6 is 15.9 Å². The van der Waals surface area contributed by atoms with Gasteiger partial charge in [-0.3, -0.25) is 0 Å². The predicted molar refractivity (Wildman–Crippen MR) is 68.5 cm³/mol. The van der Waals surface area contributed by atoms with Crippen LogP contribution < -0.4 is 10.6 Å². The van der Waals surface area contributed by atoms with Crippen molar-refractivity contribution in [2.45, 2.75) is 25.6 Å². The molecular weight excluding hydrogens is 311 g/mol. The first-order valence-electron chi connectivity index (χ1n) is 5.43. The van der Waals surface area contributed by atoms with Gasteiger partial charge in [0.05, 0.1) is 5.56 Å². The van der Waals surface area contributed by atoms with Crippen molar-refractivity contribution >= 4 is 21.7 Å². The molecule has 0 fully saturated rings. The van der Waals surface area contributed by atoms with Crippen LogP contribution in [0.3, 0.4) is 0 Å². The lowest BCUT2D eigenvalue weighted by Crippen LogP contribution is -2.33. The third kappa shape index (κ3) is 3.58. The average molecular weight is 326 g/mol. The quantitative estimate of drug-likeness (QED) is 0.925. The summed E-state index contributed by atoms with van der Waals surface area (Å²) < 4.78 is 39.1. The van der Waals surface area contributed by atoms with Crippen LogP contribution in [0.2, 0.25) is 0 Å². The van der Waals surface area contributed by atoms with E-state index in [1.54, 1.807) is 7.05 Å². The Morgan fingerprint density at radius 3 is 2.61 bits per heavy atom. The molecule has 0 radical (unpaired) electrons. The molecule has 0 aliphatic rings. The van der Waals surface area contributed by atoms with Gasteiger partial charge in [0, 0.05) is 23.8 Å². The molecule has 1 heterocycles. The molecule has 18 heavy (non-hydrogen) atoms. The number of halogens is 4. The van der Waals surface area contributed by atoms with E-state index in [1.807, 2.05) is 6.92 Å². The van der Waals surface area contributed by atoms with Gasteiger partial charge in [-0.25, -0.2) is 4.98 Å². The minimum atomic E-state index is -4.43. The molecule has 3 nitrogen and oxygen atoms in total. The number of pyridine rings is 1. The van der Waals surface area contributed by atoms with Gasteiger partial charge < -0.3 is 10.6 Å². The summed E-state index contributed by atoms with van der Waals surface area (Å²) in [4.78, 5) is 5.37. The topological polar surface area (TPSA) is 42.1 Å². The Labute approximate surface area is 112 Å². The largest absolute Gasteiger partial charge is 0.419 e. The lowest BCUT2D eigenvalue weighted by Gasteiger charge is -2.28. The van der Waals surface area contributed by atoms with E-state index in [0.717, 1.165) is 6.07 Å². The Hall–Kier alpha value is -0.820. The Morgan fingerprint density at radius 1 is 1.50 bits per heavy atom. The predicted octanol–water partition coefficient (Wildman–Crippen LogP) is 3.04. The molecule has 0 saturated heterocycles. The van der Waals surface area contributed by atoms with Crippen LogP contribution in [0.15, 0.2) is 16.7 Å². The maximum Gasteiger partial charge on any atom is 0.419 e. The van der Waals surface area contributed by atoms with Gasteiger partial charge >= 0.3 is 6.18 Å². The molecule has 0 spiro atoms. The van der Waals surface area contributed by atoms with Gasteiger partial charge in [0.25, 0.3) is 0 Å². The fourth-order valence-electron chi connectivity index (χ4n) is 1.57. The zero-order valence-electron chi connectivity index (χ0n) is 10.1. The average Bonchev–Trinajstić information content (AvgIpc) is 2.27. The molecule has 1 aromatic heterocycles. The van der Waals surface area contributed by atoms with Crippen molar-refractivity contribution in [3.63, 3.8) is 0 Å². The number of hydrogen-bond donors (Lipinski definition) is 1. The second-order valence-electron chi connectivity index (χ2n) is 4.06. The highest BCUT2D eigenvalue weighted by atomic mass is 79.9. The van der Waals surface area contributed by atoms with Crippen LogP contribution in [0.4, 0.5) is 19.0 Å². The summed E-state index contributed by atoms with van der Waals surface area (Å²) in [6.45, 7) is 2.24. The van der Waals surface area contributed by atoms with Crippen LogP contribution in [0.5, 0.6) is 0 Å². The lowest BCUT2D eigenvalue weighted by molar-refractivity contribution is -0.137. The van der Waals surface area contributed by atoms with E-state index in [1.165, 1.54) is 11.1 Å². The minimum Gasteiger partial charge on any atom is -0.356 e. The summed E-state index contributed by atoms with van der Waals surface area (Å²) in [5, 5.41) is 0. The maximum absolute atomic E-state index is 12.9.